The highest BCUT2D eigenvalue weighted by Gasteiger charge is 2.09. The SMILES string of the molecule is [C]#CC(CCCCC)c1ccccc1C. The van der Waals surface area contributed by atoms with E-state index in [-0.39, 0.29) is 5.92 Å². The third kappa shape index (κ3) is 3.44. The van der Waals surface area contributed by atoms with Crippen molar-refractivity contribution in [1.82, 2.24) is 0 Å². The summed E-state index contributed by atoms with van der Waals surface area (Å²) in [6.45, 7) is 4.32. The lowest BCUT2D eigenvalue weighted by atomic mass is 9.91. The van der Waals surface area contributed by atoms with Crippen LogP contribution in [0.4, 0.5) is 0 Å². The third-order valence-electron chi connectivity index (χ3n) is 2.83. The summed E-state index contributed by atoms with van der Waals surface area (Å²) < 4.78 is 0. The molecule has 0 aliphatic heterocycles. The molecule has 1 unspecified atom stereocenters. The van der Waals surface area contributed by atoms with Gasteiger partial charge < -0.3 is 0 Å². The van der Waals surface area contributed by atoms with Crippen LogP contribution in [0.15, 0.2) is 24.3 Å². The van der Waals surface area contributed by atoms with Crippen molar-refractivity contribution in [3.63, 3.8) is 0 Å². The van der Waals surface area contributed by atoms with E-state index < -0.39 is 0 Å². The Labute approximate surface area is 93.7 Å². The van der Waals surface area contributed by atoms with Crippen molar-refractivity contribution in [2.24, 2.45) is 0 Å². The Morgan fingerprint density at radius 1 is 1.27 bits per heavy atom. The lowest BCUT2D eigenvalue weighted by molar-refractivity contribution is 0.635. The minimum Gasteiger partial charge on any atom is -0.0809 e. The molecule has 1 atom stereocenters. The molecule has 79 valence electrons. The first kappa shape index (κ1) is 11.9. The van der Waals surface area contributed by atoms with E-state index in [1.54, 1.807) is 0 Å². The van der Waals surface area contributed by atoms with Gasteiger partial charge >= 0.3 is 0 Å². The Hall–Kier alpha value is -1.22. The summed E-state index contributed by atoms with van der Waals surface area (Å²) in [7, 11) is 0. The van der Waals surface area contributed by atoms with E-state index in [0.29, 0.717) is 0 Å². The van der Waals surface area contributed by atoms with Crippen molar-refractivity contribution in [2.75, 3.05) is 0 Å². The first-order chi connectivity index (χ1) is 7.29. The molecule has 0 amide bonds. The zero-order chi connectivity index (χ0) is 11.1. The molecule has 1 aromatic rings. The molecule has 0 aromatic heterocycles. The average Bonchev–Trinajstić information content (AvgIpc) is 2.26. The third-order valence-corrected chi connectivity index (χ3v) is 2.83. The summed E-state index contributed by atoms with van der Waals surface area (Å²) in [5.41, 5.74) is 2.54. The molecule has 0 fully saturated rings. The molecule has 0 aliphatic carbocycles. The fraction of sp³-hybridized carbons (Fsp3) is 0.467. The predicted molar refractivity (Wildman–Crippen MR) is 65.2 cm³/mol. The van der Waals surface area contributed by atoms with Crippen molar-refractivity contribution in [2.45, 2.75) is 45.4 Å². The molecule has 0 saturated carbocycles. The average molecular weight is 199 g/mol. The molecule has 0 heterocycles. The van der Waals surface area contributed by atoms with Crippen LogP contribution in [0.25, 0.3) is 0 Å². The summed E-state index contributed by atoms with van der Waals surface area (Å²) in [5.74, 6) is 2.86. The topological polar surface area (TPSA) is 0 Å². The summed E-state index contributed by atoms with van der Waals surface area (Å²) in [4.78, 5) is 0. The van der Waals surface area contributed by atoms with Gasteiger partial charge in [-0.1, -0.05) is 56.4 Å². The van der Waals surface area contributed by atoms with Crippen LogP contribution in [0.2, 0.25) is 0 Å². The molecule has 0 bridgehead atoms. The van der Waals surface area contributed by atoms with Crippen molar-refractivity contribution < 1.29 is 0 Å². The van der Waals surface area contributed by atoms with Gasteiger partial charge in [0.1, 0.15) is 0 Å². The Morgan fingerprint density at radius 2 is 2.00 bits per heavy atom. The van der Waals surface area contributed by atoms with E-state index in [9.17, 15) is 0 Å². The number of benzene rings is 1. The number of unbranched alkanes of at least 4 members (excludes halogenated alkanes) is 2. The lowest BCUT2D eigenvalue weighted by Crippen LogP contribution is -1.98. The normalized spacial score (nSPS) is 12.1. The van der Waals surface area contributed by atoms with Gasteiger partial charge in [-0.05, 0) is 30.9 Å². The van der Waals surface area contributed by atoms with Crippen LogP contribution in [0.1, 0.15) is 49.7 Å². The van der Waals surface area contributed by atoms with Crippen molar-refractivity contribution in [3.8, 4) is 5.92 Å². The van der Waals surface area contributed by atoms with Crippen LogP contribution in [0.3, 0.4) is 0 Å². The highest BCUT2D eigenvalue weighted by Crippen LogP contribution is 2.24. The van der Waals surface area contributed by atoms with Crippen LogP contribution >= 0.6 is 0 Å². The number of hydrogen-bond donors (Lipinski definition) is 0. The van der Waals surface area contributed by atoms with Crippen LogP contribution in [0, 0.1) is 19.3 Å². The second kappa shape index (κ2) is 6.30. The van der Waals surface area contributed by atoms with Gasteiger partial charge in [-0.15, -0.1) is 0 Å². The second-order valence-electron chi connectivity index (χ2n) is 4.05. The Bertz CT molecular complexity index is 330. The molecule has 15 heavy (non-hydrogen) atoms. The quantitative estimate of drug-likeness (QED) is 0.491. The minimum atomic E-state index is 0.192. The molecular weight excluding hydrogens is 180 g/mol. The lowest BCUT2D eigenvalue weighted by Gasteiger charge is -2.13. The number of aryl methyl sites for hydroxylation is 1. The van der Waals surface area contributed by atoms with Crippen molar-refractivity contribution >= 4 is 0 Å². The predicted octanol–water partition coefficient (Wildman–Crippen LogP) is 4.25. The van der Waals surface area contributed by atoms with Gasteiger partial charge in [-0.25, -0.2) is 0 Å². The summed E-state index contributed by atoms with van der Waals surface area (Å²) in [5, 5.41) is 0. The van der Waals surface area contributed by atoms with E-state index in [1.165, 1.54) is 30.4 Å². The van der Waals surface area contributed by atoms with Gasteiger partial charge in [0.2, 0.25) is 0 Å². The van der Waals surface area contributed by atoms with Gasteiger partial charge in [-0.3, -0.25) is 0 Å². The highest BCUT2D eigenvalue weighted by molar-refractivity contribution is 5.33. The molecule has 1 radical (unpaired) electrons. The molecule has 0 N–H and O–H groups in total. The first-order valence-corrected chi connectivity index (χ1v) is 5.77. The maximum absolute atomic E-state index is 7.38. The Kier molecular flexibility index (Phi) is 4.98. The molecule has 0 nitrogen and oxygen atoms in total. The summed E-state index contributed by atoms with van der Waals surface area (Å²) in [6, 6.07) is 8.32. The van der Waals surface area contributed by atoms with Crippen LogP contribution in [-0.4, -0.2) is 0 Å². The minimum absolute atomic E-state index is 0.192. The van der Waals surface area contributed by atoms with Gasteiger partial charge in [0.05, 0.1) is 0 Å². The molecule has 1 aromatic carbocycles. The number of hydrogen-bond acceptors (Lipinski definition) is 0. The van der Waals surface area contributed by atoms with E-state index in [4.69, 9.17) is 6.42 Å². The largest absolute Gasteiger partial charge is 0.0809 e. The van der Waals surface area contributed by atoms with Crippen molar-refractivity contribution in [1.29, 1.82) is 0 Å². The maximum Gasteiger partial charge on any atom is 0.0465 e. The van der Waals surface area contributed by atoms with Gasteiger partial charge in [0.25, 0.3) is 0 Å². The molecule has 0 saturated heterocycles. The van der Waals surface area contributed by atoms with Crippen LogP contribution in [-0.2, 0) is 0 Å². The Morgan fingerprint density at radius 3 is 2.60 bits per heavy atom. The van der Waals surface area contributed by atoms with Gasteiger partial charge in [0, 0.05) is 5.92 Å². The molecule has 0 aliphatic rings. The maximum atomic E-state index is 7.38. The molecule has 0 heteroatoms. The van der Waals surface area contributed by atoms with E-state index >= 15 is 0 Å². The second-order valence-corrected chi connectivity index (χ2v) is 4.05. The zero-order valence-electron chi connectivity index (χ0n) is 9.72. The monoisotopic (exact) mass is 199 g/mol. The fourth-order valence-corrected chi connectivity index (χ4v) is 1.88. The van der Waals surface area contributed by atoms with Gasteiger partial charge in [0.15, 0.2) is 0 Å². The molecule has 1 rings (SSSR count). The molecule has 0 spiro atoms. The smallest absolute Gasteiger partial charge is 0.0465 e. The van der Waals surface area contributed by atoms with Gasteiger partial charge in [-0.2, -0.15) is 0 Å². The van der Waals surface area contributed by atoms with Crippen LogP contribution < -0.4 is 0 Å². The fourth-order valence-electron chi connectivity index (χ4n) is 1.88. The molecular formula is C15H19. The number of rotatable bonds is 5. The van der Waals surface area contributed by atoms with E-state index in [2.05, 4.69) is 31.9 Å². The van der Waals surface area contributed by atoms with E-state index in [0.717, 1.165) is 6.42 Å². The highest BCUT2D eigenvalue weighted by atomic mass is 14.1. The summed E-state index contributed by atoms with van der Waals surface area (Å²) in [6.07, 6.45) is 12.1. The van der Waals surface area contributed by atoms with Crippen molar-refractivity contribution in [3.05, 3.63) is 41.8 Å². The zero-order valence-corrected chi connectivity index (χ0v) is 9.72. The first-order valence-electron chi connectivity index (χ1n) is 5.77. The van der Waals surface area contributed by atoms with Crippen LogP contribution in [0.5, 0.6) is 0 Å². The Balaban J connectivity index is 2.67. The summed E-state index contributed by atoms with van der Waals surface area (Å²) >= 11 is 0. The van der Waals surface area contributed by atoms with E-state index in [1.807, 2.05) is 12.1 Å². The standard InChI is InChI=1S/C15H19/c1-4-6-7-11-14(5-2)15-12-9-8-10-13(15)3/h8-10,12,14H,4,6-7,11H2,1,3H3.